The van der Waals surface area contributed by atoms with Crippen LogP contribution in [-0.2, 0) is 4.74 Å². The van der Waals surface area contributed by atoms with Gasteiger partial charge < -0.3 is 10.1 Å². The van der Waals surface area contributed by atoms with Gasteiger partial charge in [0.1, 0.15) is 5.82 Å². The summed E-state index contributed by atoms with van der Waals surface area (Å²) >= 11 is 1.75. The van der Waals surface area contributed by atoms with Crippen molar-refractivity contribution >= 4 is 21.4 Å². The third kappa shape index (κ3) is 2.66. The number of nitrogens with one attached hydrogen (secondary N) is 1. The maximum Gasteiger partial charge on any atom is 0.123 e. The van der Waals surface area contributed by atoms with Crippen LogP contribution in [0, 0.1) is 11.7 Å². The number of fused-ring (bicyclic) bond motifs is 1. The van der Waals surface area contributed by atoms with Crippen LogP contribution in [0.5, 0.6) is 0 Å². The van der Waals surface area contributed by atoms with Crippen LogP contribution in [0.15, 0.2) is 24.3 Å². The molecular formula is C15H18FNOS. The van der Waals surface area contributed by atoms with Gasteiger partial charge in [0, 0.05) is 28.1 Å². The lowest BCUT2D eigenvalue weighted by Crippen LogP contribution is -2.30. The highest BCUT2D eigenvalue weighted by atomic mass is 32.1. The first kappa shape index (κ1) is 13.0. The summed E-state index contributed by atoms with van der Waals surface area (Å²) in [4.78, 5) is 1.28. The Morgan fingerprint density at radius 1 is 1.42 bits per heavy atom. The lowest BCUT2D eigenvalue weighted by atomic mass is 9.92. The molecule has 1 saturated heterocycles. The second kappa shape index (κ2) is 5.57. The Labute approximate surface area is 116 Å². The fourth-order valence-corrected chi connectivity index (χ4v) is 4.08. The van der Waals surface area contributed by atoms with Gasteiger partial charge >= 0.3 is 0 Å². The van der Waals surface area contributed by atoms with E-state index in [1.54, 1.807) is 17.4 Å². The monoisotopic (exact) mass is 279 g/mol. The van der Waals surface area contributed by atoms with Crippen LogP contribution in [0.3, 0.4) is 0 Å². The SMILES string of the molecule is CNC(c1cc2cc(F)ccc2s1)C1CCCOC1. The summed E-state index contributed by atoms with van der Waals surface area (Å²) < 4.78 is 20.0. The summed E-state index contributed by atoms with van der Waals surface area (Å²) in [6, 6.07) is 7.42. The lowest BCUT2D eigenvalue weighted by Gasteiger charge is -2.29. The molecule has 102 valence electrons. The Morgan fingerprint density at radius 2 is 2.32 bits per heavy atom. The highest BCUT2D eigenvalue weighted by molar-refractivity contribution is 7.19. The quantitative estimate of drug-likeness (QED) is 0.924. The molecule has 2 unspecified atom stereocenters. The van der Waals surface area contributed by atoms with Crippen LogP contribution in [0.25, 0.3) is 10.1 Å². The van der Waals surface area contributed by atoms with Gasteiger partial charge in [-0.3, -0.25) is 0 Å². The predicted octanol–water partition coefficient (Wildman–Crippen LogP) is 3.73. The number of thiophene rings is 1. The molecule has 1 aromatic carbocycles. The molecule has 2 aromatic rings. The standard InChI is InChI=1S/C15H18FNOS/c1-17-15(10-3-2-6-18-9-10)14-8-11-7-12(16)4-5-13(11)19-14/h4-5,7-8,10,15,17H,2-3,6,9H2,1H3. The molecule has 0 bridgehead atoms. The Kier molecular flexibility index (Phi) is 3.82. The Balaban J connectivity index is 1.91. The summed E-state index contributed by atoms with van der Waals surface area (Å²) in [7, 11) is 1.99. The molecule has 19 heavy (non-hydrogen) atoms. The van der Waals surface area contributed by atoms with Gasteiger partial charge in [-0.2, -0.15) is 0 Å². The number of rotatable bonds is 3. The number of ether oxygens (including phenoxy) is 1. The molecule has 1 aliphatic rings. The largest absolute Gasteiger partial charge is 0.381 e. The maximum atomic E-state index is 13.3. The minimum atomic E-state index is -0.168. The minimum Gasteiger partial charge on any atom is -0.381 e. The molecular weight excluding hydrogens is 261 g/mol. The summed E-state index contributed by atoms with van der Waals surface area (Å²) in [5.41, 5.74) is 0. The number of halogens is 1. The van der Waals surface area contributed by atoms with Crippen LogP contribution >= 0.6 is 11.3 Å². The zero-order valence-electron chi connectivity index (χ0n) is 11.0. The fraction of sp³-hybridized carbons (Fsp3) is 0.467. The van der Waals surface area contributed by atoms with Crippen molar-refractivity contribution < 1.29 is 9.13 Å². The van der Waals surface area contributed by atoms with Gasteiger partial charge in [-0.05, 0) is 49.5 Å². The molecule has 0 radical (unpaired) electrons. The van der Waals surface area contributed by atoms with Crippen molar-refractivity contribution in [3.63, 3.8) is 0 Å². The second-order valence-electron chi connectivity index (χ2n) is 5.07. The van der Waals surface area contributed by atoms with E-state index in [2.05, 4.69) is 11.4 Å². The third-order valence-electron chi connectivity index (χ3n) is 3.78. The third-order valence-corrected chi connectivity index (χ3v) is 4.98. The Hall–Kier alpha value is -0.970. The van der Waals surface area contributed by atoms with Gasteiger partial charge in [0.15, 0.2) is 0 Å². The summed E-state index contributed by atoms with van der Waals surface area (Å²) in [6.45, 7) is 1.69. The molecule has 1 N–H and O–H groups in total. The van der Waals surface area contributed by atoms with E-state index >= 15 is 0 Å². The smallest absolute Gasteiger partial charge is 0.123 e. The van der Waals surface area contributed by atoms with Crippen molar-refractivity contribution in [2.45, 2.75) is 18.9 Å². The highest BCUT2D eigenvalue weighted by Gasteiger charge is 2.25. The van der Waals surface area contributed by atoms with E-state index in [1.807, 2.05) is 13.1 Å². The van der Waals surface area contributed by atoms with E-state index in [1.165, 1.54) is 17.4 Å². The lowest BCUT2D eigenvalue weighted by molar-refractivity contribution is 0.0407. The zero-order valence-corrected chi connectivity index (χ0v) is 11.8. The van der Waals surface area contributed by atoms with Crippen LogP contribution in [0.1, 0.15) is 23.8 Å². The van der Waals surface area contributed by atoms with Crippen LogP contribution in [-0.4, -0.2) is 20.3 Å². The number of hydrogen-bond donors (Lipinski definition) is 1. The van der Waals surface area contributed by atoms with Gasteiger partial charge in [-0.25, -0.2) is 4.39 Å². The first-order valence-electron chi connectivity index (χ1n) is 6.72. The highest BCUT2D eigenvalue weighted by Crippen LogP contribution is 2.36. The van der Waals surface area contributed by atoms with Crippen molar-refractivity contribution in [1.29, 1.82) is 0 Å². The van der Waals surface area contributed by atoms with E-state index < -0.39 is 0 Å². The number of benzene rings is 1. The Bertz CT molecular complexity index is 562. The van der Waals surface area contributed by atoms with E-state index in [0.29, 0.717) is 12.0 Å². The van der Waals surface area contributed by atoms with Gasteiger partial charge in [-0.1, -0.05) is 0 Å². The van der Waals surface area contributed by atoms with Gasteiger partial charge in [0.05, 0.1) is 6.61 Å². The molecule has 4 heteroatoms. The van der Waals surface area contributed by atoms with Crippen molar-refractivity contribution in [1.82, 2.24) is 5.32 Å². The normalized spacial score (nSPS) is 21.7. The van der Waals surface area contributed by atoms with Crippen molar-refractivity contribution in [2.24, 2.45) is 5.92 Å². The summed E-state index contributed by atoms with van der Waals surface area (Å²) in [6.07, 6.45) is 2.32. The van der Waals surface area contributed by atoms with Gasteiger partial charge in [0.25, 0.3) is 0 Å². The first-order valence-corrected chi connectivity index (χ1v) is 7.53. The molecule has 0 saturated carbocycles. The summed E-state index contributed by atoms with van der Waals surface area (Å²) in [5, 5.41) is 4.40. The van der Waals surface area contributed by atoms with E-state index in [-0.39, 0.29) is 5.82 Å². The van der Waals surface area contributed by atoms with E-state index in [9.17, 15) is 4.39 Å². The van der Waals surface area contributed by atoms with Crippen LogP contribution in [0.2, 0.25) is 0 Å². The fourth-order valence-electron chi connectivity index (χ4n) is 2.83. The van der Waals surface area contributed by atoms with Crippen molar-refractivity contribution in [2.75, 3.05) is 20.3 Å². The minimum absolute atomic E-state index is 0.168. The average molecular weight is 279 g/mol. The van der Waals surface area contributed by atoms with Crippen molar-refractivity contribution in [3.8, 4) is 0 Å². The van der Waals surface area contributed by atoms with Crippen molar-refractivity contribution in [3.05, 3.63) is 35.0 Å². The molecule has 2 atom stereocenters. The molecule has 0 aliphatic carbocycles. The molecule has 0 spiro atoms. The molecule has 1 aromatic heterocycles. The molecule has 1 aliphatic heterocycles. The second-order valence-corrected chi connectivity index (χ2v) is 6.19. The molecule has 0 amide bonds. The zero-order chi connectivity index (χ0) is 13.2. The van der Waals surface area contributed by atoms with Crippen LogP contribution < -0.4 is 5.32 Å². The molecule has 1 fully saturated rings. The first-order chi connectivity index (χ1) is 9.28. The predicted molar refractivity (Wildman–Crippen MR) is 77.1 cm³/mol. The maximum absolute atomic E-state index is 13.3. The van der Waals surface area contributed by atoms with Gasteiger partial charge in [0.2, 0.25) is 0 Å². The topological polar surface area (TPSA) is 21.3 Å². The van der Waals surface area contributed by atoms with E-state index in [0.717, 1.165) is 29.7 Å². The van der Waals surface area contributed by atoms with E-state index in [4.69, 9.17) is 4.74 Å². The molecule has 2 nitrogen and oxygen atoms in total. The number of hydrogen-bond acceptors (Lipinski definition) is 3. The van der Waals surface area contributed by atoms with Crippen LogP contribution in [0.4, 0.5) is 4.39 Å². The average Bonchev–Trinajstić information content (AvgIpc) is 2.83. The molecule has 2 heterocycles. The Morgan fingerprint density at radius 3 is 3.05 bits per heavy atom. The summed E-state index contributed by atoms with van der Waals surface area (Å²) in [5.74, 6) is 0.343. The van der Waals surface area contributed by atoms with Gasteiger partial charge in [-0.15, -0.1) is 11.3 Å². The molecule has 3 rings (SSSR count).